The number of Topliss-reactive ketones (excluding diaryl/α,β-unsaturated/α-hetero) is 2. The summed E-state index contributed by atoms with van der Waals surface area (Å²) in [5, 5.41) is 15.1. The molecule has 1 amide bonds. The highest BCUT2D eigenvalue weighted by atomic mass is 19.3. The molecule has 0 spiro atoms. The molecule has 0 saturated heterocycles. The molecule has 6 bridgehead atoms. The van der Waals surface area contributed by atoms with Gasteiger partial charge in [-0.25, -0.2) is 8.78 Å². The Hall–Kier alpha value is -5.21. The van der Waals surface area contributed by atoms with Gasteiger partial charge in [0.15, 0.2) is 12.4 Å². The van der Waals surface area contributed by atoms with Crippen LogP contribution in [0, 0.1) is 5.92 Å². The number of halogens is 2. The molecule has 2 aliphatic rings. The van der Waals surface area contributed by atoms with Crippen LogP contribution in [0.4, 0.5) is 14.7 Å². The lowest BCUT2D eigenvalue weighted by atomic mass is 9.96. The van der Waals surface area contributed by atoms with E-state index in [2.05, 4.69) is 25.6 Å². The lowest BCUT2D eigenvalue weighted by Crippen LogP contribution is -2.37. The lowest BCUT2D eigenvalue weighted by Gasteiger charge is -2.16. The number of fused-ring (bicyclic) bond motifs is 10. The Bertz CT molecular complexity index is 1650. The number of carbonyl (C=O) groups excluding carboxylic acids is 3. The molecule has 0 fully saturated rings. The third-order valence-electron chi connectivity index (χ3n) is 7.63. The number of anilines is 1. The van der Waals surface area contributed by atoms with Gasteiger partial charge < -0.3 is 30.0 Å². The van der Waals surface area contributed by atoms with E-state index in [4.69, 9.17) is 14.2 Å². The van der Waals surface area contributed by atoms with E-state index in [1.54, 1.807) is 12.1 Å². The lowest BCUT2D eigenvalue weighted by molar-refractivity contribution is -0.142. The molecule has 15 heteroatoms. The Balaban J connectivity index is 1.61. The van der Waals surface area contributed by atoms with Gasteiger partial charge in [0, 0.05) is 39.3 Å². The maximum Gasteiger partial charge on any atom is 0.321 e. The molecule has 3 N–H and O–H groups in total. The van der Waals surface area contributed by atoms with Crippen LogP contribution in [0.1, 0.15) is 79.7 Å². The van der Waals surface area contributed by atoms with Crippen molar-refractivity contribution >= 4 is 29.4 Å². The quantitative estimate of drug-likeness (QED) is 0.184. The number of hydrogen-bond donors (Lipinski definition) is 3. The molecule has 13 nitrogen and oxygen atoms in total. The average Bonchev–Trinajstić information content (AvgIpc) is 3.08. The van der Waals surface area contributed by atoms with E-state index < -0.39 is 54.9 Å². The molecule has 2 aromatic carbocycles. The molecule has 0 unspecified atom stereocenters. The first kappa shape index (κ1) is 37.6. The molecule has 1 atom stereocenters. The highest BCUT2D eigenvalue weighted by molar-refractivity contribution is 6.36. The first-order chi connectivity index (χ1) is 23.9. The van der Waals surface area contributed by atoms with E-state index in [1.165, 1.54) is 13.0 Å². The second-order valence-electron chi connectivity index (χ2n) is 12.0. The summed E-state index contributed by atoms with van der Waals surface area (Å²) >= 11 is 0. The number of carboxylic acids is 1. The van der Waals surface area contributed by atoms with Crippen LogP contribution in [0.5, 0.6) is 17.5 Å². The van der Waals surface area contributed by atoms with Crippen molar-refractivity contribution in [3.05, 3.63) is 65.0 Å². The van der Waals surface area contributed by atoms with Crippen LogP contribution >= 0.6 is 0 Å². The predicted molar refractivity (Wildman–Crippen MR) is 177 cm³/mol. The van der Waals surface area contributed by atoms with Gasteiger partial charge in [-0.2, -0.15) is 15.0 Å². The number of ketones is 2. The van der Waals surface area contributed by atoms with Crippen molar-refractivity contribution in [1.82, 2.24) is 20.3 Å². The number of amides is 1. The summed E-state index contributed by atoms with van der Waals surface area (Å²) in [6.45, 7) is 2.00. The largest absolute Gasteiger partial charge is 0.494 e. The molecule has 0 radical (unpaired) electrons. The number of nitrogens with one attached hydrogen (secondary N) is 2. The zero-order valence-electron chi connectivity index (χ0n) is 28.0. The van der Waals surface area contributed by atoms with Crippen molar-refractivity contribution in [2.24, 2.45) is 5.92 Å². The Morgan fingerprint density at radius 1 is 0.980 bits per heavy atom. The van der Waals surface area contributed by atoms with Gasteiger partial charge in [0.1, 0.15) is 17.3 Å². The van der Waals surface area contributed by atoms with Crippen molar-refractivity contribution in [2.75, 3.05) is 31.7 Å². The SMILES string of the molecule is CCC(=O)C(=O)NC[C@H](CC(=O)c1ccc2cc1OCCCCCCOc1ccc(cc1)CNc1nc(nc(OCC(C)(F)F)n1)C2)C(=O)O. The molecule has 2 aliphatic heterocycles. The minimum atomic E-state index is -3.13. The second-order valence-corrected chi connectivity index (χ2v) is 12.0. The van der Waals surface area contributed by atoms with E-state index in [0.717, 1.165) is 37.5 Å². The van der Waals surface area contributed by atoms with Gasteiger partial charge in [0.05, 0.1) is 24.7 Å². The third kappa shape index (κ3) is 12.0. The number of ether oxygens (including phenoxy) is 3. The minimum Gasteiger partial charge on any atom is -0.494 e. The maximum atomic E-state index is 13.6. The van der Waals surface area contributed by atoms with Gasteiger partial charge in [-0.15, -0.1) is 0 Å². The summed E-state index contributed by atoms with van der Waals surface area (Å²) in [6, 6.07) is 12.0. The van der Waals surface area contributed by atoms with Gasteiger partial charge in [0.2, 0.25) is 11.7 Å². The van der Waals surface area contributed by atoms with Crippen molar-refractivity contribution < 1.29 is 47.3 Å². The summed E-state index contributed by atoms with van der Waals surface area (Å²) in [6.07, 6.45) is 2.81. The van der Waals surface area contributed by atoms with Crippen LogP contribution in [0.2, 0.25) is 0 Å². The fraction of sp³-hybridized carbons (Fsp3) is 0.457. The summed E-state index contributed by atoms with van der Waals surface area (Å²) in [4.78, 5) is 61.8. The van der Waals surface area contributed by atoms with E-state index in [0.29, 0.717) is 25.1 Å². The first-order valence-electron chi connectivity index (χ1n) is 16.4. The Labute approximate surface area is 288 Å². The van der Waals surface area contributed by atoms with E-state index in [1.807, 2.05) is 24.3 Å². The number of benzene rings is 2. The average molecular weight is 698 g/mol. The van der Waals surface area contributed by atoms with Crippen LogP contribution in [0.3, 0.4) is 0 Å². The number of hydrogen-bond acceptors (Lipinski definition) is 11. The number of carboxylic acid groups (broad SMARTS) is 1. The number of carbonyl (C=O) groups is 4. The van der Waals surface area contributed by atoms with E-state index in [-0.39, 0.29) is 48.5 Å². The molecular weight excluding hydrogens is 656 g/mol. The second kappa shape index (κ2) is 18.0. The smallest absolute Gasteiger partial charge is 0.321 e. The Kier molecular flexibility index (Phi) is 13.5. The first-order valence-corrected chi connectivity index (χ1v) is 16.4. The highest BCUT2D eigenvalue weighted by Crippen LogP contribution is 2.26. The standard InChI is InChI=1S/C35H41F2N5O8/c1-3-27(43)31(45)38-20-24(32(46)47)18-28(44)26-13-10-23-16-29(26)49-15-7-5-4-6-14-48-25-11-8-22(9-12-25)19-39-33-40-30(17-23)41-34(42-33)50-21-35(2,36)37/h8-13,16,24H,3-7,14-15,17-21H2,1-2H3,(H,38,45)(H,46,47)(H,39,40,41,42)/t24-/m0/s1. The number of alkyl halides is 2. The number of rotatable bonds is 11. The van der Waals surface area contributed by atoms with Crippen LogP contribution in [0.25, 0.3) is 0 Å². The van der Waals surface area contributed by atoms with Crippen molar-refractivity contribution in [2.45, 2.75) is 71.3 Å². The van der Waals surface area contributed by atoms with Gasteiger partial charge >= 0.3 is 12.0 Å². The summed E-state index contributed by atoms with van der Waals surface area (Å²) in [5.74, 6) is -6.63. The molecule has 5 rings (SSSR count). The van der Waals surface area contributed by atoms with Crippen LogP contribution in [-0.4, -0.2) is 75.8 Å². The summed E-state index contributed by atoms with van der Waals surface area (Å²) < 4.78 is 44.3. The normalized spacial score (nSPS) is 14.5. The molecule has 3 aromatic rings. The minimum absolute atomic E-state index is 0.0390. The van der Waals surface area contributed by atoms with Gasteiger partial charge in [0.25, 0.3) is 11.8 Å². The molecule has 0 saturated carbocycles. The zero-order valence-corrected chi connectivity index (χ0v) is 28.0. The van der Waals surface area contributed by atoms with Gasteiger partial charge in [-0.3, -0.25) is 19.2 Å². The topological polar surface area (TPSA) is 179 Å². The van der Waals surface area contributed by atoms with Gasteiger partial charge in [-0.05, 0) is 61.1 Å². The zero-order chi connectivity index (χ0) is 36.1. The summed E-state index contributed by atoms with van der Waals surface area (Å²) in [7, 11) is 0. The van der Waals surface area contributed by atoms with Crippen LogP contribution in [-0.2, 0) is 27.3 Å². The van der Waals surface area contributed by atoms with E-state index in [9.17, 15) is 33.1 Å². The molecule has 1 aromatic heterocycles. The number of nitrogens with zero attached hydrogens (tertiary/aromatic N) is 3. The third-order valence-corrected chi connectivity index (χ3v) is 7.63. The number of aromatic nitrogens is 3. The molecule has 3 heterocycles. The molecule has 268 valence electrons. The number of aliphatic carboxylic acids is 1. The molecular formula is C35H41F2N5O8. The van der Waals surface area contributed by atoms with Crippen LogP contribution < -0.4 is 24.8 Å². The Morgan fingerprint density at radius 3 is 2.36 bits per heavy atom. The van der Waals surface area contributed by atoms with Gasteiger partial charge in [-0.1, -0.05) is 25.1 Å². The molecule has 0 aliphatic carbocycles. The van der Waals surface area contributed by atoms with Crippen molar-refractivity contribution in [3.8, 4) is 17.5 Å². The Morgan fingerprint density at radius 2 is 1.68 bits per heavy atom. The highest BCUT2D eigenvalue weighted by Gasteiger charge is 2.26. The summed E-state index contributed by atoms with van der Waals surface area (Å²) in [5.41, 5.74) is 1.65. The van der Waals surface area contributed by atoms with Crippen LogP contribution in [0.15, 0.2) is 42.5 Å². The molecule has 50 heavy (non-hydrogen) atoms. The predicted octanol–water partition coefficient (Wildman–Crippen LogP) is 4.81. The maximum absolute atomic E-state index is 13.6. The monoisotopic (exact) mass is 697 g/mol. The van der Waals surface area contributed by atoms with Crippen molar-refractivity contribution in [1.29, 1.82) is 0 Å². The fourth-order valence-corrected chi connectivity index (χ4v) is 4.89. The fourth-order valence-electron chi connectivity index (χ4n) is 4.89. The van der Waals surface area contributed by atoms with Crippen molar-refractivity contribution in [3.63, 3.8) is 0 Å². The van der Waals surface area contributed by atoms with E-state index >= 15 is 0 Å².